The molecule has 1 saturated heterocycles. The normalized spacial score (nSPS) is 16.6. The smallest absolute Gasteiger partial charge is 0.247 e. The topological polar surface area (TPSA) is 88.4 Å². The molecule has 188 valence electrons. The molecule has 1 aliphatic heterocycles. The van der Waals surface area contributed by atoms with Crippen LogP contribution in [-0.4, -0.2) is 52.5 Å². The van der Waals surface area contributed by atoms with Gasteiger partial charge < -0.3 is 0 Å². The van der Waals surface area contributed by atoms with Crippen molar-refractivity contribution >= 4 is 42.6 Å². The number of thiazole rings is 1. The maximum absolute atomic E-state index is 14.0. The molecule has 8 nitrogen and oxygen atoms in total. The lowest BCUT2D eigenvalue weighted by atomic mass is 10.2. The van der Waals surface area contributed by atoms with Crippen molar-refractivity contribution in [2.45, 2.75) is 44.2 Å². The minimum atomic E-state index is -3.98. The first-order chi connectivity index (χ1) is 17.2. The van der Waals surface area contributed by atoms with Gasteiger partial charge in [0.05, 0.1) is 27.4 Å². The number of aryl methyl sites for hydroxylation is 2. The monoisotopic (exact) mass is 527 g/mol. The van der Waals surface area contributed by atoms with Crippen molar-refractivity contribution in [3.8, 4) is 0 Å². The van der Waals surface area contributed by atoms with Crippen molar-refractivity contribution in [2.24, 2.45) is 0 Å². The molecule has 4 aromatic rings. The number of carbonyl (C=O) groups excluding carboxylic acids is 1. The maximum atomic E-state index is 14.0. The summed E-state index contributed by atoms with van der Waals surface area (Å²) in [5.74, 6) is -0.840. The molecule has 0 N–H and O–H groups in total. The second kappa shape index (κ2) is 9.72. The number of hydrogen-bond acceptors (Lipinski definition) is 6. The molecule has 1 aliphatic rings. The van der Waals surface area contributed by atoms with Gasteiger partial charge in [-0.2, -0.15) is 9.40 Å². The van der Waals surface area contributed by atoms with E-state index in [2.05, 4.69) is 10.1 Å². The molecule has 0 radical (unpaired) electrons. The van der Waals surface area contributed by atoms with Crippen molar-refractivity contribution < 1.29 is 17.6 Å². The summed E-state index contributed by atoms with van der Waals surface area (Å²) in [7, 11) is -3.98. The predicted octanol–water partition coefficient (Wildman–Crippen LogP) is 4.14. The Hall–Kier alpha value is -3.15. The van der Waals surface area contributed by atoms with Crippen LogP contribution in [0.4, 0.5) is 9.52 Å². The Morgan fingerprint density at radius 2 is 1.92 bits per heavy atom. The quantitative estimate of drug-likeness (QED) is 0.361. The summed E-state index contributed by atoms with van der Waals surface area (Å²) in [5, 5.41) is 5.02. The van der Waals surface area contributed by atoms with E-state index in [1.165, 1.54) is 27.8 Å². The molecule has 1 atom stereocenters. The van der Waals surface area contributed by atoms with E-state index in [1.54, 1.807) is 4.90 Å². The third-order valence-corrected chi connectivity index (χ3v) is 9.31. The Kier molecular flexibility index (Phi) is 6.62. The number of hydrogen-bond donors (Lipinski definition) is 0. The van der Waals surface area contributed by atoms with Crippen molar-refractivity contribution in [3.63, 3.8) is 0 Å². The van der Waals surface area contributed by atoms with Crippen LogP contribution in [0.15, 0.2) is 59.5 Å². The van der Waals surface area contributed by atoms with Gasteiger partial charge in [0.15, 0.2) is 5.13 Å². The van der Waals surface area contributed by atoms with Crippen LogP contribution in [0.2, 0.25) is 0 Å². The van der Waals surface area contributed by atoms with E-state index < -0.39 is 21.9 Å². The zero-order chi connectivity index (χ0) is 25.4. The fourth-order valence-corrected chi connectivity index (χ4v) is 7.22. The highest BCUT2D eigenvalue weighted by atomic mass is 32.2. The standard InChI is InChI=1S/C25H26FN5O3S2/c1-17-16-18(2)30(28-17)15-14-29(25-27-21-6-3-4-8-23(21)35-25)24(32)22-7-5-13-31(22)36(33,34)20-11-9-19(26)10-12-20/h3-4,6,8-12,16,22H,5,7,13-15H2,1-2H3. The number of nitrogens with zero attached hydrogens (tertiary/aromatic N) is 5. The molecule has 2 aromatic heterocycles. The summed E-state index contributed by atoms with van der Waals surface area (Å²) in [6, 6.07) is 13.4. The highest BCUT2D eigenvalue weighted by Gasteiger charge is 2.42. The molecule has 1 unspecified atom stereocenters. The third kappa shape index (κ3) is 4.65. The predicted molar refractivity (Wildman–Crippen MR) is 137 cm³/mol. The lowest BCUT2D eigenvalue weighted by Gasteiger charge is -2.28. The third-order valence-electron chi connectivity index (χ3n) is 6.33. The van der Waals surface area contributed by atoms with Crippen molar-refractivity contribution in [1.29, 1.82) is 0 Å². The molecular weight excluding hydrogens is 501 g/mol. The van der Waals surface area contributed by atoms with Gasteiger partial charge in [-0.15, -0.1) is 0 Å². The van der Waals surface area contributed by atoms with Gasteiger partial charge in [0, 0.05) is 18.8 Å². The molecule has 36 heavy (non-hydrogen) atoms. The molecule has 3 heterocycles. The summed E-state index contributed by atoms with van der Waals surface area (Å²) in [6.07, 6.45) is 0.961. The molecule has 0 spiro atoms. The number of carbonyl (C=O) groups is 1. The maximum Gasteiger partial charge on any atom is 0.247 e. The van der Waals surface area contributed by atoms with E-state index in [1.807, 2.05) is 48.9 Å². The molecule has 0 aliphatic carbocycles. The fraction of sp³-hybridized carbons (Fsp3) is 0.320. The van der Waals surface area contributed by atoms with E-state index in [9.17, 15) is 17.6 Å². The second-order valence-electron chi connectivity index (χ2n) is 8.83. The number of benzene rings is 2. The van der Waals surface area contributed by atoms with Crippen LogP contribution < -0.4 is 4.90 Å². The number of halogens is 1. The number of sulfonamides is 1. The first-order valence-corrected chi connectivity index (χ1v) is 13.9. The number of para-hydroxylation sites is 1. The van der Waals surface area contributed by atoms with Crippen molar-refractivity contribution in [2.75, 3.05) is 18.0 Å². The number of fused-ring (bicyclic) bond motifs is 1. The lowest BCUT2D eigenvalue weighted by Crippen LogP contribution is -2.48. The number of aromatic nitrogens is 3. The number of amides is 1. The largest absolute Gasteiger partial charge is 0.285 e. The van der Waals surface area contributed by atoms with Crippen molar-refractivity contribution in [3.05, 3.63) is 71.8 Å². The van der Waals surface area contributed by atoms with Gasteiger partial charge in [0.1, 0.15) is 11.9 Å². The van der Waals surface area contributed by atoms with E-state index in [0.717, 1.165) is 33.7 Å². The molecule has 0 bridgehead atoms. The SMILES string of the molecule is Cc1cc(C)n(CCN(C(=O)C2CCCN2S(=O)(=O)c2ccc(F)cc2)c2nc3ccccc3s2)n1. The number of anilines is 1. The Labute approximate surface area is 213 Å². The Bertz CT molecular complexity index is 1480. The summed E-state index contributed by atoms with van der Waals surface area (Å²) in [6.45, 7) is 4.83. The summed E-state index contributed by atoms with van der Waals surface area (Å²) in [4.78, 5) is 20.2. The zero-order valence-electron chi connectivity index (χ0n) is 20.0. The summed E-state index contributed by atoms with van der Waals surface area (Å²) >= 11 is 1.40. The van der Waals surface area contributed by atoms with Crippen LogP contribution in [0.3, 0.4) is 0 Å². The van der Waals surface area contributed by atoms with E-state index >= 15 is 0 Å². The molecule has 11 heteroatoms. The Balaban J connectivity index is 1.48. The molecule has 0 saturated carbocycles. The summed E-state index contributed by atoms with van der Waals surface area (Å²) in [5.41, 5.74) is 2.65. The average Bonchev–Trinajstić information content (AvgIpc) is 3.58. The molecule has 1 amide bonds. The van der Waals surface area contributed by atoms with Gasteiger partial charge in [0.25, 0.3) is 0 Å². The van der Waals surface area contributed by atoms with E-state index in [0.29, 0.717) is 31.1 Å². The van der Waals surface area contributed by atoms with Crippen LogP contribution in [0.5, 0.6) is 0 Å². The van der Waals surface area contributed by atoms with Gasteiger partial charge in [-0.3, -0.25) is 14.4 Å². The Morgan fingerprint density at radius 1 is 1.17 bits per heavy atom. The first kappa shape index (κ1) is 24.5. The lowest BCUT2D eigenvalue weighted by molar-refractivity contribution is -0.121. The van der Waals surface area contributed by atoms with Crippen LogP contribution in [0.1, 0.15) is 24.2 Å². The molecule has 2 aromatic carbocycles. The van der Waals surface area contributed by atoms with Gasteiger partial charge in [-0.25, -0.2) is 17.8 Å². The first-order valence-electron chi connectivity index (χ1n) is 11.7. The minimum Gasteiger partial charge on any atom is -0.285 e. The van der Waals surface area contributed by atoms with Gasteiger partial charge in [-0.1, -0.05) is 23.5 Å². The van der Waals surface area contributed by atoms with Gasteiger partial charge in [-0.05, 0) is 69.2 Å². The highest BCUT2D eigenvalue weighted by Crippen LogP contribution is 2.32. The molecule has 1 fully saturated rings. The number of rotatable bonds is 7. The molecular formula is C25H26FN5O3S2. The van der Waals surface area contributed by atoms with E-state index in [-0.39, 0.29) is 17.3 Å². The van der Waals surface area contributed by atoms with Crippen LogP contribution in [-0.2, 0) is 21.4 Å². The van der Waals surface area contributed by atoms with E-state index in [4.69, 9.17) is 0 Å². The molecule has 5 rings (SSSR count). The minimum absolute atomic E-state index is 0.0298. The van der Waals surface area contributed by atoms with Crippen molar-refractivity contribution in [1.82, 2.24) is 19.1 Å². The van der Waals surface area contributed by atoms with Crippen LogP contribution >= 0.6 is 11.3 Å². The van der Waals surface area contributed by atoms with Gasteiger partial charge in [0.2, 0.25) is 15.9 Å². The zero-order valence-corrected chi connectivity index (χ0v) is 21.6. The van der Waals surface area contributed by atoms with Crippen LogP contribution in [0.25, 0.3) is 10.2 Å². The Morgan fingerprint density at radius 3 is 2.61 bits per heavy atom. The summed E-state index contributed by atoms with van der Waals surface area (Å²) < 4.78 is 44.2. The highest BCUT2D eigenvalue weighted by molar-refractivity contribution is 7.89. The van der Waals surface area contributed by atoms with Gasteiger partial charge >= 0.3 is 0 Å². The fourth-order valence-electron chi connectivity index (χ4n) is 4.57. The van der Waals surface area contributed by atoms with Crippen LogP contribution in [0, 0.1) is 19.7 Å². The average molecular weight is 528 g/mol. The second-order valence-corrected chi connectivity index (χ2v) is 11.7.